The minimum atomic E-state index is -0.0389. The molecule has 1 saturated heterocycles. The Morgan fingerprint density at radius 3 is 2.79 bits per heavy atom. The van der Waals surface area contributed by atoms with Gasteiger partial charge in [0.1, 0.15) is 0 Å². The van der Waals surface area contributed by atoms with Crippen LogP contribution in [0.2, 0.25) is 5.02 Å². The van der Waals surface area contributed by atoms with E-state index in [0.29, 0.717) is 17.1 Å². The third-order valence-electron chi connectivity index (χ3n) is 3.29. The molecule has 2 rings (SSSR count). The molecule has 4 nitrogen and oxygen atoms in total. The number of Topliss-reactive ketones (excluding diaryl/α,β-unsaturated/α-hetero) is 1. The van der Waals surface area contributed by atoms with Crippen molar-refractivity contribution >= 4 is 23.3 Å². The number of likely N-dealkylation sites (N-methyl/N-ethyl adjacent to an activating group) is 1. The van der Waals surface area contributed by atoms with Crippen molar-refractivity contribution in [1.82, 2.24) is 9.80 Å². The summed E-state index contributed by atoms with van der Waals surface area (Å²) in [6, 6.07) is 7.01. The van der Waals surface area contributed by atoms with E-state index in [2.05, 4.69) is 0 Å². The molecule has 0 saturated carbocycles. The predicted molar refractivity (Wildman–Crippen MR) is 74.5 cm³/mol. The zero-order valence-electron chi connectivity index (χ0n) is 10.9. The lowest BCUT2D eigenvalue weighted by molar-refractivity contribution is -0.129. The highest BCUT2D eigenvalue weighted by Crippen LogP contribution is 2.16. The molecule has 0 aromatic heterocycles. The van der Waals surface area contributed by atoms with Gasteiger partial charge in [-0.15, -0.1) is 0 Å². The average Bonchev–Trinajstić information content (AvgIpc) is 2.52. The number of hydrogen-bond acceptors (Lipinski definition) is 3. The topological polar surface area (TPSA) is 40.6 Å². The number of carbonyl (C=O) groups is 2. The van der Waals surface area contributed by atoms with E-state index in [4.69, 9.17) is 11.6 Å². The van der Waals surface area contributed by atoms with Gasteiger partial charge >= 0.3 is 0 Å². The standard InChI is InChI=1S/C14H17ClN2O2/c1-16-7-4-8-17(10-14(16)19)9-13(18)11-5-2-3-6-12(11)15/h2-3,5-6H,4,7-10H2,1H3. The number of hydrogen-bond donors (Lipinski definition) is 0. The fourth-order valence-corrected chi connectivity index (χ4v) is 2.40. The van der Waals surface area contributed by atoms with E-state index < -0.39 is 0 Å². The molecular weight excluding hydrogens is 264 g/mol. The van der Waals surface area contributed by atoms with E-state index in [1.807, 2.05) is 4.90 Å². The molecule has 0 bridgehead atoms. The monoisotopic (exact) mass is 280 g/mol. The zero-order valence-corrected chi connectivity index (χ0v) is 11.7. The molecule has 0 atom stereocenters. The highest BCUT2D eigenvalue weighted by molar-refractivity contribution is 6.34. The maximum atomic E-state index is 12.2. The van der Waals surface area contributed by atoms with Gasteiger partial charge in [-0.25, -0.2) is 0 Å². The summed E-state index contributed by atoms with van der Waals surface area (Å²) in [5, 5.41) is 0.464. The van der Waals surface area contributed by atoms with Crippen molar-refractivity contribution < 1.29 is 9.59 Å². The number of benzene rings is 1. The summed E-state index contributed by atoms with van der Waals surface area (Å²) in [4.78, 5) is 27.5. The average molecular weight is 281 g/mol. The molecule has 1 aromatic carbocycles. The number of nitrogens with zero attached hydrogens (tertiary/aromatic N) is 2. The minimum Gasteiger partial charge on any atom is -0.345 e. The summed E-state index contributed by atoms with van der Waals surface area (Å²) < 4.78 is 0. The Kier molecular flexibility index (Phi) is 4.56. The van der Waals surface area contributed by atoms with Crippen LogP contribution >= 0.6 is 11.6 Å². The lowest BCUT2D eigenvalue weighted by Gasteiger charge is -2.18. The van der Waals surface area contributed by atoms with E-state index in [-0.39, 0.29) is 18.2 Å². The second-order valence-corrected chi connectivity index (χ2v) is 5.19. The van der Waals surface area contributed by atoms with E-state index in [1.54, 1.807) is 36.2 Å². The van der Waals surface area contributed by atoms with E-state index in [1.165, 1.54) is 0 Å². The Morgan fingerprint density at radius 1 is 1.32 bits per heavy atom. The molecule has 1 fully saturated rings. The highest BCUT2D eigenvalue weighted by atomic mass is 35.5. The van der Waals surface area contributed by atoms with Gasteiger partial charge in [0, 0.05) is 25.7 Å². The van der Waals surface area contributed by atoms with Gasteiger partial charge in [0.15, 0.2) is 5.78 Å². The number of halogens is 1. The Balaban J connectivity index is 2.03. The fourth-order valence-electron chi connectivity index (χ4n) is 2.16. The molecule has 0 spiro atoms. The molecule has 1 heterocycles. The molecule has 5 heteroatoms. The van der Waals surface area contributed by atoms with Gasteiger partial charge in [0.25, 0.3) is 0 Å². The van der Waals surface area contributed by atoms with E-state index in [0.717, 1.165) is 19.5 Å². The molecule has 19 heavy (non-hydrogen) atoms. The molecule has 0 radical (unpaired) electrons. The first-order valence-electron chi connectivity index (χ1n) is 6.32. The maximum Gasteiger partial charge on any atom is 0.236 e. The van der Waals surface area contributed by atoms with Gasteiger partial charge < -0.3 is 4.90 Å². The number of ketones is 1. The third kappa shape index (κ3) is 3.55. The van der Waals surface area contributed by atoms with Crippen LogP contribution in [0.1, 0.15) is 16.8 Å². The smallest absolute Gasteiger partial charge is 0.236 e. The number of carbonyl (C=O) groups excluding carboxylic acids is 2. The van der Waals surface area contributed by atoms with Crippen molar-refractivity contribution in [3.05, 3.63) is 34.9 Å². The van der Waals surface area contributed by atoms with Gasteiger partial charge in [0.05, 0.1) is 18.1 Å². The Labute approximate surface area is 117 Å². The summed E-state index contributed by atoms with van der Waals surface area (Å²) in [5.41, 5.74) is 0.522. The largest absolute Gasteiger partial charge is 0.345 e. The Bertz CT molecular complexity index is 490. The van der Waals surface area contributed by atoms with Gasteiger partial charge in [-0.3, -0.25) is 14.5 Å². The van der Waals surface area contributed by atoms with Crippen LogP contribution in [0, 0.1) is 0 Å². The lowest BCUT2D eigenvalue weighted by atomic mass is 10.1. The van der Waals surface area contributed by atoms with Gasteiger partial charge in [-0.05, 0) is 18.6 Å². The molecular formula is C14H17ClN2O2. The van der Waals surface area contributed by atoms with Crippen molar-refractivity contribution in [3.8, 4) is 0 Å². The highest BCUT2D eigenvalue weighted by Gasteiger charge is 2.21. The second kappa shape index (κ2) is 6.17. The molecule has 1 aliphatic rings. The van der Waals surface area contributed by atoms with Crippen molar-refractivity contribution in [1.29, 1.82) is 0 Å². The second-order valence-electron chi connectivity index (χ2n) is 4.78. The summed E-state index contributed by atoms with van der Waals surface area (Å²) in [7, 11) is 1.79. The molecule has 0 unspecified atom stereocenters. The SMILES string of the molecule is CN1CCCN(CC(=O)c2ccccc2Cl)CC1=O. The van der Waals surface area contributed by atoms with Crippen molar-refractivity contribution in [2.45, 2.75) is 6.42 Å². The minimum absolute atomic E-state index is 0.0389. The van der Waals surface area contributed by atoms with Crippen LogP contribution in [0.15, 0.2) is 24.3 Å². The van der Waals surface area contributed by atoms with Crippen LogP contribution in [0.25, 0.3) is 0 Å². The number of rotatable bonds is 3. The maximum absolute atomic E-state index is 12.2. The van der Waals surface area contributed by atoms with Crippen molar-refractivity contribution in [3.63, 3.8) is 0 Å². The third-order valence-corrected chi connectivity index (χ3v) is 3.62. The molecule has 0 aliphatic carbocycles. The lowest BCUT2D eigenvalue weighted by Crippen LogP contribution is -2.37. The van der Waals surface area contributed by atoms with E-state index >= 15 is 0 Å². The van der Waals surface area contributed by atoms with Crippen molar-refractivity contribution in [2.24, 2.45) is 0 Å². The van der Waals surface area contributed by atoms with Gasteiger partial charge in [-0.1, -0.05) is 23.7 Å². The first kappa shape index (κ1) is 14.0. The number of amides is 1. The zero-order chi connectivity index (χ0) is 13.8. The van der Waals surface area contributed by atoms with Crippen LogP contribution in [-0.4, -0.2) is 54.7 Å². The Hall–Kier alpha value is -1.39. The summed E-state index contributed by atoms with van der Waals surface area (Å²) in [6.45, 7) is 2.04. The Morgan fingerprint density at radius 2 is 2.05 bits per heavy atom. The first-order valence-corrected chi connectivity index (χ1v) is 6.70. The molecule has 1 amide bonds. The quantitative estimate of drug-likeness (QED) is 0.791. The van der Waals surface area contributed by atoms with Crippen molar-refractivity contribution in [2.75, 3.05) is 33.2 Å². The van der Waals surface area contributed by atoms with Crippen LogP contribution < -0.4 is 0 Å². The summed E-state index contributed by atoms with van der Waals surface area (Å²) >= 11 is 6.01. The summed E-state index contributed by atoms with van der Waals surface area (Å²) in [6.07, 6.45) is 0.887. The van der Waals surface area contributed by atoms with Gasteiger partial charge in [-0.2, -0.15) is 0 Å². The van der Waals surface area contributed by atoms with Crippen LogP contribution in [-0.2, 0) is 4.79 Å². The molecule has 102 valence electrons. The van der Waals surface area contributed by atoms with Crippen LogP contribution in [0.5, 0.6) is 0 Å². The first-order chi connectivity index (χ1) is 9.08. The summed E-state index contributed by atoms with van der Waals surface area (Å²) in [5.74, 6) is 0.0208. The molecule has 1 aromatic rings. The van der Waals surface area contributed by atoms with Gasteiger partial charge in [0.2, 0.25) is 5.91 Å². The molecule has 1 aliphatic heterocycles. The predicted octanol–water partition coefficient (Wildman–Crippen LogP) is 1.69. The fraction of sp³-hybridized carbons (Fsp3) is 0.429. The normalized spacial score (nSPS) is 17.4. The van der Waals surface area contributed by atoms with E-state index in [9.17, 15) is 9.59 Å². The molecule has 0 N–H and O–H groups in total. The van der Waals surface area contributed by atoms with Crippen LogP contribution in [0.3, 0.4) is 0 Å². The van der Waals surface area contributed by atoms with Crippen LogP contribution in [0.4, 0.5) is 0 Å².